The van der Waals surface area contributed by atoms with E-state index in [1.807, 2.05) is 32.9 Å². The summed E-state index contributed by atoms with van der Waals surface area (Å²) in [6, 6.07) is 8.80. The Morgan fingerprint density at radius 1 is 0.952 bits per heavy atom. The van der Waals surface area contributed by atoms with Crippen molar-refractivity contribution in [1.82, 2.24) is 0 Å². The standard InChI is InChI=1S/C16H20N2O2S/c1-10-6-5-7-15(12(10)3)18-21(19,20)16-9-14(17)8-11(2)13(16)4/h5-9,18H,17H2,1-4H3. The van der Waals surface area contributed by atoms with Crippen LogP contribution >= 0.6 is 0 Å². The van der Waals surface area contributed by atoms with Crippen molar-refractivity contribution in [3.8, 4) is 0 Å². The molecule has 0 aliphatic rings. The van der Waals surface area contributed by atoms with Crippen molar-refractivity contribution >= 4 is 21.4 Å². The van der Waals surface area contributed by atoms with E-state index >= 15 is 0 Å². The number of nitrogens with one attached hydrogen (secondary N) is 1. The number of rotatable bonds is 3. The summed E-state index contributed by atoms with van der Waals surface area (Å²) in [7, 11) is -3.66. The predicted octanol–water partition coefficient (Wildman–Crippen LogP) is 3.30. The van der Waals surface area contributed by atoms with Crippen LogP contribution in [0.5, 0.6) is 0 Å². The SMILES string of the molecule is Cc1cccc(NS(=O)(=O)c2cc(N)cc(C)c2C)c1C. The zero-order valence-electron chi connectivity index (χ0n) is 12.7. The predicted molar refractivity (Wildman–Crippen MR) is 87.1 cm³/mol. The van der Waals surface area contributed by atoms with Crippen LogP contribution in [0.1, 0.15) is 22.3 Å². The number of hydrogen-bond acceptors (Lipinski definition) is 3. The highest BCUT2D eigenvalue weighted by Gasteiger charge is 2.19. The first-order valence-electron chi connectivity index (χ1n) is 6.68. The molecule has 0 aliphatic carbocycles. The van der Waals surface area contributed by atoms with Crippen LogP contribution in [0.2, 0.25) is 0 Å². The second-order valence-corrected chi connectivity index (χ2v) is 6.96. The Balaban J connectivity index is 2.51. The van der Waals surface area contributed by atoms with Crippen molar-refractivity contribution in [2.45, 2.75) is 32.6 Å². The van der Waals surface area contributed by atoms with Crippen LogP contribution in [0.25, 0.3) is 0 Å². The first-order valence-corrected chi connectivity index (χ1v) is 8.16. The first-order chi connectivity index (χ1) is 9.72. The van der Waals surface area contributed by atoms with Crippen molar-refractivity contribution in [1.29, 1.82) is 0 Å². The second-order valence-electron chi connectivity index (χ2n) is 5.31. The molecule has 0 saturated heterocycles. The maximum absolute atomic E-state index is 12.6. The fourth-order valence-corrected chi connectivity index (χ4v) is 3.67. The summed E-state index contributed by atoms with van der Waals surface area (Å²) in [5.74, 6) is 0. The number of nitrogens with two attached hydrogens (primary N) is 1. The van der Waals surface area contributed by atoms with E-state index in [0.717, 1.165) is 16.7 Å². The van der Waals surface area contributed by atoms with Gasteiger partial charge in [-0.25, -0.2) is 8.42 Å². The van der Waals surface area contributed by atoms with E-state index in [1.165, 1.54) is 6.07 Å². The van der Waals surface area contributed by atoms with E-state index in [9.17, 15) is 8.42 Å². The van der Waals surface area contributed by atoms with E-state index in [0.29, 0.717) is 16.9 Å². The van der Waals surface area contributed by atoms with E-state index in [1.54, 1.807) is 19.1 Å². The highest BCUT2D eigenvalue weighted by Crippen LogP contribution is 2.26. The van der Waals surface area contributed by atoms with Crippen molar-refractivity contribution in [2.24, 2.45) is 0 Å². The summed E-state index contributed by atoms with van der Waals surface area (Å²) >= 11 is 0. The molecule has 2 rings (SSSR count). The van der Waals surface area contributed by atoms with Gasteiger partial charge in [0.2, 0.25) is 0 Å². The minimum atomic E-state index is -3.66. The van der Waals surface area contributed by atoms with E-state index in [-0.39, 0.29) is 4.90 Å². The lowest BCUT2D eigenvalue weighted by Crippen LogP contribution is -2.16. The number of hydrogen-bond donors (Lipinski definition) is 2. The molecule has 0 spiro atoms. The van der Waals surface area contributed by atoms with Crippen LogP contribution in [0, 0.1) is 27.7 Å². The second kappa shape index (κ2) is 5.41. The summed E-state index contributed by atoms with van der Waals surface area (Å²) in [5, 5.41) is 0. The van der Waals surface area contributed by atoms with Gasteiger partial charge in [-0.1, -0.05) is 12.1 Å². The van der Waals surface area contributed by atoms with Gasteiger partial charge >= 0.3 is 0 Å². The molecule has 0 fully saturated rings. The number of anilines is 2. The molecule has 21 heavy (non-hydrogen) atoms. The quantitative estimate of drug-likeness (QED) is 0.855. The molecule has 0 aliphatic heterocycles. The van der Waals surface area contributed by atoms with Crippen LogP contribution in [-0.4, -0.2) is 8.42 Å². The van der Waals surface area contributed by atoms with Crippen molar-refractivity contribution in [3.05, 3.63) is 52.6 Å². The Kier molecular flexibility index (Phi) is 3.96. The molecule has 0 unspecified atom stereocenters. The Bertz CT molecular complexity index is 796. The molecule has 4 nitrogen and oxygen atoms in total. The summed E-state index contributed by atoms with van der Waals surface area (Å²) in [5.41, 5.74) is 10.3. The lowest BCUT2D eigenvalue weighted by atomic mass is 10.1. The molecular weight excluding hydrogens is 284 g/mol. The minimum absolute atomic E-state index is 0.223. The minimum Gasteiger partial charge on any atom is -0.399 e. The summed E-state index contributed by atoms with van der Waals surface area (Å²) < 4.78 is 27.9. The number of benzene rings is 2. The Morgan fingerprint density at radius 3 is 2.29 bits per heavy atom. The van der Waals surface area contributed by atoms with E-state index < -0.39 is 10.0 Å². The van der Waals surface area contributed by atoms with Gasteiger partial charge in [0.15, 0.2) is 0 Å². The zero-order chi connectivity index (χ0) is 15.8. The van der Waals surface area contributed by atoms with Crippen LogP contribution in [0.4, 0.5) is 11.4 Å². The third-order valence-electron chi connectivity index (χ3n) is 3.78. The maximum atomic E-state index is 12.6. The zero-order valence-corrected chi connectivity index (χ0v) is 13.5. The highest BCUT2D eigenvalue weighted by atomic mass is 32.2. The van der Waals surface area contributed by atoms with Gasteiger partial charge in [-0.15, -0.1) is 0 Å². The average Bonchev–Trinajstić information content (AvgIpc) is 2.39. The normalized spacial score (nSPS) is 11.4. The van der Waals surface area contributed by atoms with Gasteiger partial charge in [-0.05, 0) is 68.1 Å². The molecule has 0 amide bonds. The Morgan fingerprint density at radius 2 is 1.62 bits per heavy atom. The Hall–Kier alpha value is -2.01. The maximum Gasteiger partial charge on any atom is 0.262 e. The molecule has 0 radical (unpaired) electrons. The van der Waals surface area contributed by atoms with Crippen LogP contribution in [-0.2, 0) is 10.0 Å². The monoisotopic (exact) mass is 304 g/mol. The summed E-state index contributed by atoms with van der Waals surface area (Å²) in [6.45, 7) is 7.47. The third-order valence-corrected chi connectivity index (χ3v) is 5.27. The number of nitrogen functional groups attached to an aromatic ring is 1. The summed E-state index contributed by atoms with van der Waals surface area (Å²) in [6.07, 6.45) is 0. The van der Waals surface area contributed by atoms with Crippen molar-refractivity contribution < 1.29 is 8.42 Å². The number of aryl methyl sites for hydroxylation is 2. The molecule has 0 bridgehead atoms. The van der Waals surface area contributed by atoms with Crippen LogP contribution < -0.4 is 10.5 Å². The lowest BCUT2D eigenvalue weighted by Gasteiger charge is -2.15. The largest absolute Gasteiger partial charge is 0.399 e. The molecule has 0 aromatic heterocycles. The fourth-order valence-electron chi connectivity index (χ4n) is 2.19. The van der Waals surface area contributed by atoms with Crippen molar-refractivity contribution in [2.75, 3.05) is 10.5 Å². The Labute approximate surface area is 126 Å². The van der Waals surface area contributed by atoms with Gasteiger partial charge in [-0.2, -0.15) is 0 Å². The van der Waals surface area contributed by atoms with Gasteiger partial charge in [0.05, 0.1) is 10.6 Å². The van der Waals surface area contributed by atoms with Crippen molar-refractivity contribution in [3.63, 3.8) is 0 Å². The van der Waals surface area contributed by atoms with E-state index in [4.69, 9.17) is 5.73 Å². The first kappa shape index (κ1) is 15.4. The lowest BCUT2D eigenvalue weighted by molar-refractivity contribution is 0.600. The average molecular weight is 304 g/mol. The van der Waals surface area contributed by atoms with Gasteiger partial charge in [0.1, 0.15) is 0 Å². The summed E-state index contributed by atoms with van der Waals surface area (Å²) in [4.78, 5) is 0.223. The van der Waals surface area contributed by atoms with Crippen LogP contribution in [0.3, 0.4) is 0 Å². The number of sulfonamides is 1. The molecule has 3 N–H and O–H groups in total. The van der Waals surface area contributed by atoms with Gasteiger partial charge in [-0.3, -0.25) is 4.72 Å². The van der Waals surface area contributed by atoms with Gasteiger partial charge in [0, 0.05) is 5.69 Å². The molecule has 2 aromatic rings. The highest BCUT2D eigenvalue weighted by molar-refractivity contribution is 7.92. The molecule has 5 heteroatoms. The van der Waals surface area contributed by atoms with Gasteiger partial charge in [0.25, 0.3) is 10.0 Å². The molecule has 0 atom stereocenters. The van der Waals surface area contributed by atoms with Gasteiger partial charge < -0.3 is 5.73 Å². The van der Waals surface area contributed by atoms with Crippen LogP contribution in [0.15, 0.2) is 35.2 Å². The molecule has 112 valence electrons. The molecule has 0 heterocycles. The molecule has 0 saturated carbocycles. The smallest absolute Gasteiger partial charge is 0.262 e. The molecular formula is C16H20N2O2S. The van der Waals surface area contributed by atoms with E-state index in [2.05, 4.69) is 4.72 Å². The molecule has 2 aromatic carbocycles. The third kappa shape index (κ3) is 3.03. The fraction of sp³-hybridized carbons (Fsp3) is 0.250. The topological polar surface area (TPSA) is 72.2 Å².